The number of methoxy groups -OCH3 is 1. The molecule has 1 aliphatic rings. The van der Waals surface area contributed by atoms with Gasteiger partial charge in [0, 0.05) is 32.1 Å². The van der Waals surface area contributed by atoms with Crippen LogP contribution >= 0.6 is 12.4 Å². The summed E-state index contributed by atoms with van der Waals surface area (Å²) < 4.78 is 4.76. The lowest BCUT2D eigenvalue weighted by Crippen LogP contribution is -2.42. The predicted molar refractivity (Wildman–Crippen MR) is 139 cm³/mol. The molecule has 1 heterocycles. The summed E-state index contributed by atoms with van der Waals surface area (Å²) in [5, 5.41) is 2.98. The summed E-state index contributed by atoms with van der Waals surface area (Å²) in [5.41, 5.74) is 11.8. The zero-order chi connectivity index (χ0) is 24.8. The van der Waals surface area contributed by atoms with E-state index in [0.29, 0.717) is 32.5 Å². The maximum absolute atomic E-state index is 13.0. The van der Waals surface area contributed by atoms with Crippen molar-refractivity contribution in [3.05, 3.63) is 35.9 Å². The molecule has 35 heavy (non-hydrogen) atoms. The Morgan fingerprint density at radius 3 is 2.51 bits per heavy atom. The van der Waals surface area contributed by atoms with E-state index in [2.05, 4.69) is 22.4 Å². The summed E-state index contributed by atoms with van der Waals surface area (Å²) in [5.74, 6) is -0.716. The number of nitrogens with one attached hydrogen (secondary N) is 1. The second-order valence-corrected chi connectivity index (χ2v) is 8.76. The number of ether oxygens (including phenoxy) is 1. The molecule has 0 aliphatic carbocycles. The van der Waals surface area contributed by atoms with E-state index in [1.165, 1.54) is 12.7 Å². The molecule has 2 amide bonds. The number of carbonyl (C=O) groups excluding carboxylic acids is 3. The molecule has 0 aromatic heterocycles. The highest BCUT2D eigenvalue weighted by atomic mass is 35.5. The molecule has 9 nitrogen and oxygen atoms in total. The van der Waals surface area contributed by atoms with Crippen molar-refractivity contribution in [3.63, 3.8) is 0 Å². The Morgan fingerprint density at radius 1 is 1.11 bits per heavy atom. The fraction of sp³-hybridized carbons (Fsp3) is 0.600. The zero-order valence-corrected chi connectivity index (χ0v) is 21.4. The summed E-state index contributed by atoms with van der Waals surface area (Å²) in [6, 6.07) is 10.0. The minimum absolute atomic E-state index is 0. The number of carbonyl (C=O) groups is 3. The number of amides is 2. The highest BCUT2D eigenvalue weighted by Gasteiger charge is 2.40. The minimum atomic E-state index is -0.392. The quantitative estimate of drug-likeness (QED) is 0.143. The van der Waals surface area contributed by atoms with Crippen LogP contribution in [0, 0.1) is 5.92 Å². The van der Waals surface area contributed by atoms with Gasteiger partial charge >= 0.3 is 5.97 Å². The maximum Gasteiger partial charge on any atom is 0.306 e. The van der Waals surface area contributed by atoms with Crippen LogP contribution in [0.4, 0.5) is 0 Å². The molecule has 1 fully saturated rings. The second kappa shape index (κ2) is 16.8. The molecule has 1 aromatic carbocycles. The molecule has 0 bridgehead atoms. The van der Waals surface area contributed by atoms with Crippen molar-refractivity contribution in [1.29, 1.82) is 0 Å². The molecule has 5 N–H and O–H groups in total. The summed E-state index contributed by atoms with van der Waals surface area (Å²) in [6.07, 6.45) is 6.35. The molecular formula is C25H40ClN5O4. The predicted octanol–water partition coefficient (Wildman–Crippen LogP) is 2.16. The maximum atomic E-state index is 13.0. The number of hydrogen-bond acceptors (Lipinski definition) is 5. The number of likely N-dealkylation sites (tertiary alicyclic amines) is 1. The molecule has 1 aromatic rings. The van der Waals surface area contributed by atoms with Crippen molar-refractivity contribution in [2.24, 2.45) is 22.4 Å². The van der Waals surface area contributed by atoms with E-state index >= 15 is 0 Å². The van der Waals surface area contributed by atoms with Crippen LogP contribution in [0.5, 0.6) is 0 Å². The molecule has 2 atom stereocenters. The van der Waals surface area contributed by atoms with Gasteiger partial charge in [-0.25, -0.2) is 0 Å². The molecule has 0 unspecified atom stereocenters. The third kappa shape index (κ3) is 11.4. The second-order valence-electron chi connectivity index (χ2n) is 8.76. The minimum Gasteiger partial charge on any atom is -0.469 e. The van der Waals surface area contributed by atoms with Gasteiger partial charge in [-0.15, -0.1) is 12.4 Å². The monoisotopic (exact) mass is 509 g/mol. The van der Waals surface area contributed by atoms with Crippen LogP contribution in [0.3, 0.4) is 0 Å². The normalized spacial score (nSPS) is 16.9. The van der Waals surface area contributed by atoms with E-state index in [1.807, 2.05) is 23.1 Å². The number of benzene rings is 1. The van der Waals surface area contributed by atoms with Crippen molar-refractivity contribution in [3.8, 4) is 0 Å². The Labute approximate surface area is 214 Å². The van der Waals surface area contributed by atoms with Crippen molar-refractivity contribution >= 4 is 36.2 Å². The number of unbranched alkanes of at least 4 members (excludes halogenated alkanes) is 3. The lowest BCUT2D eigenvalue weighted by atomic mass is 10.0. The molecular weight excluding hydrogens is 470 g/mol. The number of guanidine groups is 1. The van der Waals surface area contributed by atoms with Crippen LogP contribution in [0.25, 0.3) is 0 Å². The Kier molecular flexibility index (Phi) is 14.5. The van der Waals surface area contributed by atoms with Crippen LogP contribution in [0.1, 0.15) is 56.9 Å². The number of aliphatic imine (C=N–C) groups is 1. The van der Waals surface area contributed by atoms with Crippen molar-refractivity contribution in [2.75, 3.05) is 26.7 Å². The highest BCUT2D eigenvalue weighted by molar-refractivity contribution is 5.86. The first-order chi connectivity index (χ1) is 16.4. The molecule has 10 heteroatoms. The van der Waals surface area contributed by atoms with E-state index in [1.54, 1.807) is 0 Å². The first-order valence-electron chi connectivity index (χ1n) is 12.1. The summed E-state index contributed by atoms with van der Waals surface area (Å²) in [7, 11) is 1.33. The summed E-state index contributed by atoms with van der Waals surface area (Å²) in [4.78, 5) is 42.8. The van der Waals surface area contributed by atoms with Gasteiger partial charge in [-0.2, -0.15) is 0 Å². The van der Waals surface area contributed by atoms with Gasteiger partial charge < -0.3 is 26.4 Å². The van der Waals surface area contributed by atoms with Gasteiger partial charge in [0.15, 0.2) is 5.96 Å². The van der Waals surface area contributed by atoms with Gasteiger partial charge in [-0.05, 0) is 37.7 Å². The zero-order valence-electron chi connectivity index (χ0n) is 20.6. The number of nitrogens with zero attached hydrogens (tertiary/aromatic N) is 2. The van der Waals surface area contributed by atoms with Gasteiger partial charge in [-0.1, -0.05) is 43.2 Å². The van der Waals surface area contributed by atoms with Crippen molar-refractivity contribution in [1.82, 2.24) is 10.2 Å². The Bertz CT molecular complexity index is 817. The Morgan fingerprint density at radius 2 is 1.83 bits per heavy atom. The number of halogens is 1. The van der Waals surface area contributed by atoms with E-state index in [4.69, 9.17) is 16.2 Å². The van der Waals surface area contributed by atoms with Crippen LogP contribution in [0.2, 0.25) is 0 Å². The topological polar surface area (TPSA) is 140 Å². The van der Waals surface area contributed by atoms with Crippen LogP contribution in [0.15, 0.2) is 35.3 Å². The van der Waals surface area contributed by atoms with Crippen LogP contribution < -0.4 is 16.8 Å². The van der Waals surface area contributed by atoms with Gasteiger partial charge in [0.2, 0.25) is 11.8 Å². The molecule has 1 saturated heterocycles. The van der Waals surface area contributed by atoms with Gasteiger partial charge in [-0.3, -0.25) is 19.4 Å². The van der Waals surface area contributed by atoms with E-state index in [0.717, 1.165) is 38.5 Å². The van der Waals surface area contributed by atoms with E-state index < -0.39 is 5.92 Å². The number of aryl methyl sites for hydroxylation is 1. The smallest absolute Gasteiger partial charge is 0.306 e. The first-order valence-corrected chi connectivity index (χ1v) is 12.1. The Balaban J connectivity index is 0.00000612. The number of hydrogen-bond donors (Lipinski definition) is 3. The van der Waals surface area contributed by atoms with Crippen LogP contribution in [-0.4, -0.2) is 61.4 Å². The molecule has 0 radical (unpaired) electrons. The lowest BCUT2D eigenvalue weighted by molar-refractivity contribution is -0.144. The SMILES string of the molecule is COC(=O)C[C@@H]1C[C@@H](CNC(=O)CCCCCCN=C(N)N)N(CCCc2ccccc2)C1=O.Cl. The lowest BCUT2D eigenvalue weighted by Gasteiger charge is -2.25. The van der Waals surface area contributed by atoms with Crippen LogP contribution in [-0.2, 0) is 25.5 Å². The van der Waals surface area contributed by atoms with Gasteiger partial charge in [0.25, 0.3) is 0 Å². The molecule has 0 spiro atoms. The number of esters is 1. The van der Waals surface area contributed by atoms with E-state index in [9.17, 15) is 14.4 Å². The number of rotatable bonds is 15. The van der Waals surface area contributed by atoms with Crippen molar-refractivity contribution in [2.45, 2.75) is 63.8 Å². The highest BCUT2D eigenvalue weighted by Crippen LogP contribution is 2.28. The average molecular weight is 510 g/mol. The molecule has 1 aliphatic heterocycles. The summed E-state index contributed by atoms with van der Waals surface area (Å²) in [6.45, 7) is 1.61. The largest absolute Gasteiger partial charge is 0.469 e. The fourth-order valence-corrected chi connectivity index (χ4v) is 4.29. The number of nitrogens with two attached hydrogens (primary N) is 2. The molecule has 2 rings (SSSR count). The molecule has 0 saturated carbocycles. The fourth-order valence-electron chi connectivity index (χ4n) is 4.29. The third-order valence-electron chi connectivity index (χ3n) is 6.12. The molecule has 196 valence electrons. The van der Waals surface area contributed by atoms with Gasteiger partial charge in [0.1, 0.15) is 0 Å². The third-order valence-corrected chi connectivity index (χ3v) is 6.12. The van der Waals surface area contributed by atoms with Crippen molar-refractivity contribution < 1.29 is 19.1 Å². The standard InChI is InChI=1S/C25H39N5O4.ClH/c1-34-23(32)17-20-16-21(18-29-22(31)13-7-2-3-8-14-28-25(26)27)30(24(20)33)15-9-12-19-10-5-4-6-11-19;/h4-6,10-11,20-21H,2-3,7-9,12-18H2,1H3,(H,29,31)(H4,26,27,28);1H/t20-,21-;/m0./s1. The summed E-state index contributed by atoms with van der Waals surface area (Å²) >= 11 is 0. The Hall–Kier alpha value is -2.81. The first kappa shape index (κ1) is 30.2. The van der Waals surface area contributed by atoms with Gasteiger partial charge in [0.05, 0.1) is 19.4 Å². The van der Waals surface area contributed by atoms with E-state index in [-0.39, 0.29) is 48.6 Å². The average Bonchev–Trinajstić information content (AvgIpc) is 3.11.